The third kappa shape index (κ3) is 2.69. The molecule has 2 N–H and O–H groups in total. The van der Waals surface area contributed by atoms with Gasteiger partial charge in [0.2, 0.25) is 0 Å². The maximum Gasteiger partial charge on any atom is 0.0140 e. The molecule has 1 fully saturated rings. The Morgan fingerprint density at radius 2 is 2.27 bits per heavy atom. The fourth-order valence-corrected chi connectivity index (χ4v) is 1.86. The second-order valence-corrected chi connectivity index (χ2v) is 4.30. The van der Waals surface area contributed by atoms with Gasteiger partial charge in [0.05, 0.1) is 0 Å². The summed E-state index contributed by atoms with van der Waals surface area (Å²) in [6.07, 6.45) is 6.01. The lowest BCUT2D eigenvalue weighted by molar-refractivity contribution is 1.02. The Morgan fingerprint density at radius 1 is 1.47 bits per heavy atom. The minimum absolute atomic E-state index is 0.671. The summed E-state index contributed by atoms with van der Waals surface area (Å²) < 4.78 is 0. The SMILES string of the molecule is CCC(=Cc1cccc(C2CC2)c1)CN. The highest BCUT2D eigenvalue weighted by molar-refractivity contribution is 5.54. The van der Waals surface area contributed by atoms with Gasteiger partial charge >= 0.3 is 0 Å². The molecule has 0 heterocycles. The molecule has 0 radical (unpaired) electrons. The highest BCUT2D eigenvalue weighted by Crippen LogP contribution is 2.40. The van der Waals surface area contributed by atoms with E-state index < -0.39 is 0 Å². The predicted octanol–water partition coefficient (Wildman–Crippen LogP) is 3.32. The zero-order valence-corrected chi connectivity index (χ0v) is 9.37. The van der Waals surface area contributed by atoms with Gasteiger partial charge in [-0.05, 0) is 36.3 Å². The van der Waals surface area contributed by atoms with E-state index in [-0.39, 0.29) is 0 Å². The molecule has 0 bridgehead atoms. The Kier molecular flexibility index (Phi) is 3.22. The van der Waals surface area contributed by atoms with E-state index >= 15 is 0 Å². The molecule has 0 amide bonds. The van der Waals surface area contributed by atoms with Crippen molar-refractivity contribution in [1.29, 1.82) is 0 Å². The number of rotatable bonds is 4. The quantitative estimate of drug-likeness (QED) is 0.794. The van der Waals surface area contributed by atoms with E-state index in [0.29, 0.717) is 6.54 Å². The fourth-order valence-electron chi connectivity index (χ4n) is 1.86. The van der Waals surface area contributed by atoms with Crippen molar-refractivity contribution >= 4 is 6.08 Å². The lowest BCUT2D eigenvalue weighted by Gasteiger charge is -2.03. The van der Waals surface area contributed by atoms with Crippen molar-refractivity contribution in [3.63, 3.8) is 0 Å². The third-order valence-corrected chi connectivity index (χ3v) is 3.05. The summed E-state index contributed by atoms with van der Waals surface area (Å²) in [5.41, 5.74) is 9.80. The molecule has 1 nitrogen and oxygen atoms in total. The first-order valence-electron chi connectivity index (χ1n) is 5.83. The van der Waals surface area contributed by atoms with Crippen LogP contribution in [-0.2, 0) is 0 Å². The second-order valence-electron chi connectivity index (χ2n) is 4.30. The van der Waals surface area contributed by atoms with Crippen molar-refractivity contribution in [3.05, 3.63) is 41.0 Å². The van der Waals surface area contributed by atoms with Crippen molar-refractivity contribution in [2.45, 2.75) is 32.1 Å². The molecule has 0 spiro atoms. The van der Waals surface area contributed by atoms with Gasteiger partial charge in [-0.25, -0.2) is 0 Å². The molecule has 15 heavy (non-hydrogen) atoms. The van der Waals surface area contributed by atoms with Crippen LogP contribution in [0.15, 0.2) is 29.8 Å². The molecule has 0 aliphatic heterocycles. The zero-order chi connectivity index (χ0) is 10.7. The van der Waals surface area contributed by atoms with E-state index in [1.165, 1.54) is 29.5 Å². The summed E-state index contributed by atoms with van der Waals surface area (Å²) >= 11 is 0. The van der Waals surface area contributed by atoms with Gasteiger partial charge in [-0.2, -0.15) is 0 Å². The monoisotopic (exact) mass is 201 g/mol. The summed E-state index contributed by atoms with van der Waals surface area (Å²) in [6, 6.07) is 8.87. The van der Waals surface area contributed by atoms with Gasteiger partial charge in [0.15, 0.2) is 0 Å². The van der Waals surface area contributed by atoms with Gasteiger partial charge in [-0.15, -0.1) is 0 Å². The maximum absolute atomic E-state index is 5.67. The average Bonchev–Trinajstić information content (AvgIpc) is 3.10. The Bertz CT molecular complexity index is 355. The standard InChI is InChI=1S/C14H19N/c1-2-11(10-15)8-12-4-3-5-14(9-12)13-6-7-13/h3-5,8-9,13H,2,6-7,10,15H2,1H3. The summed E-state index contributed by atoms with van der Waals surface area (Å²) in [5.74, 6) is 0.835. The van der Waals surface area contributed by atoms with Crippen molar-refractivity contribution in [3.8, 4) is 0 Å². The Labute approximate surface area is 92.0 Å². The Morgan fingerprint density at radius 3 is 2.87 bits per heavy atom. The maximum atomic E-state index is 5.67. The third-order valence-electron chi connectivity index (χ3n) is 3.05. The molecule has 1 aromatic carbocycles. The highest BCUT2D eigenvalue weighted by Gasteiger charge is 2.23. The number of nitrogens with two attached hydrogens (primary N) is 1. The van der Waals surface area contributed by atoms with Crippen molar-refractivity contribution in [2.75, 3.05) is 6.54 Å². The molecule has 1 aromatic rings. The molecule has 0 atom stereocenters. The van der Waals surface area contributed by atoms with Gasteiger partial charge in [-0.1, -0.05) is 42.8 Å². The van der Waals surface area contributed by atoms with Crippen LogP contribution in [-0.4, -0.2) is 6.54 Å². The molecule has 1 aliphatic carbocycles. The van der Waals surface area contributed by atoms with Gasteiger partial charge in [0.1, 0.15) is 0 Å². The topological polar surface area (TPSA) is 26.0 Å². The molecule has 80 valence electrons. The molecule has 1 heteroatoms. The van der Waals surface area contributed by atoms with Crippen LogP contribution in [0.5, 0.6) is 0 Å². The average molecular weight is 201 g/mol. The van der Waals surface area contributed by atoms with E-state index in [4.69, 9.17) is 5.73 Å². The van der Waals surface area contributed by atoms with Crippen molar-refractivity contribution in [2.24, 2.45) is 5.73 Å². The normalized spacial score (nSPS) is 16.8. The molecular weight excluding hydrogens is 182 g/mol. The van der Waals surface area contributed by atoms with Crippen LogP contribution >= 0.6 is 0 Å². The predicted molar refractivity (Wildman–Crippen MR) is 65.7 cm³/mol. The van der Waals surface area contributed by atoms with E-state index in [0.717, 1.165) is 12.3 Å². The van der Waals surface area contributed by atoms with E-state index in [1.807, 2.05) is 0 Å². The largest absolute Gasteiger partial charge is 0.327 e. The van der Waals surface area contributed by atoms with Crippen LogP contribution in [0, 0.1) is 0 Å². The molecule has 0 saturated heterocycles. The summed E-state index contributed by atoms with van der Waals surface area (Å²) in [7, 11) is 0. The van der Waals surface area contributed by atoms with Crippen LogP contribution in [0.4, 0.5) is 0 Å². The Hall–Kier alpha value is -1.08. The first kappa shape index (κ1) is 10.4. The number of benzene rings is 1. The minimum Gasteiger partial charge on any atom is -0.327 e. The van der Waals surface area contributed by atoms with Crippen molar-refractivity contribution in [1.82, 2.24) is 0 Å². The molecule has 0 aromatic heterocycles. The Balaban J connectivity index is 2.20. The van der Waals surface area contributed by atoms with Gasteiger partial charge < -0.3 is 5.73 Å². The van der Waals surface area contributed by atoms with Gasteiger partial charge in [0.25, 0.3) is 0 Å². The molecular formula is C14H19N. The van der Waals surface area contributed by atoms with Crippen LogP contribution in [0.25, 0.3) is 6.08 Å². The molecule has 1 aliphatic rings. The second kappa shape index (κ2) is 4.63. The van der Waals surface area contributed by atoms with Crippen LogP contribution in [0.3, 0.4) is 0 Å². The lowest BCUT2D eigenvalue weighted by Crippen LogP contribution is -2.01. The van der Waals surface area contributed by atoms with Crippen LogP contribution < -0.4 is 5.73 Å². The number of hydrogen-bond acceptors (Lipinski definition) is 1. The zero-order valence-electron chi connectivity index (χ0n) is 9.37. The fraction of sp³-hybridized carbons (Fsp3) is 0.429. The molecule has 2 rings (SSSR count). The van der Waals surface area contributed by atoms with Gasteiger partial charge in [-0.3, -0.25) is 0 Å². The highest BCUT2D eigenvalue weighted by atomic mass is 14.5. The minimum atomic E-state index is 0.671. The molecule has 1 saturated carbocycles. The first-order chi connectivity index (χ1) is 7.33. The van der Waals surface area contributed by atoms with Gasteiger partial charge in [0, 0.05) is 6.54 Å². The van der Waals surface area contributed by atoms with Crippen LogP contribution in [0.2, 0.25) is 0 Å². The number of hydrogen-bond donors (Lipinski definition) is 1. The van der Waals surface area contributed by atoms with E-state index in [9.17, 15) is 0 Å². The smallest absolute Gasteiger partial charge is 0.0140 e. The lowest BCUT2D eigenvalue weighted by atomic mass is 10.0. The van der Waals surface area contributed by atoms with E-state index in [2.05, 4.69) is 37.3 Å². The van der Waals surface area contributed by atoms with E-state index in [1.54, 1.807) is 0 Å². The molecule has 0 unspecified atom stereocenters. The van der Waals surface area contributed by atoms with Crippen molar-refractivity contribution < 1.29 is 0 Å². The first-order valence-corrected chi connectivity index (χ1v) is 5.83. The summed E-state index contributed by atoms with van der Waals surface area (Å²) in [6.45, 7) is 2.83. The summed E-state index contributed by atoms with van der Waals surface area (Å²) in [4.78, 5) is 0. The van der Waals surface area contributed by atoms with Crippen LogP contribution in [0.1, 0.15) is 43.2 Å². The summed E-state index contributed by atoms with van der Waals surface area (Å²) in [5, 5.41) is 0.